The van der Waals surface area contributed by atoms with Gasteiger partial charge in [-0.2, -0.15) is 0 Å². The van der Waals surface area contributed by atoms with E-state index in [-0.39, 0.29) is 24.4 Å². The summed E-state index contributed by atoms with van der Waals surface area (Å²) >= 11 is 5.51. The van der Waals surface area contributed by atoms with E-state index in [1.165, 1.54) is 37.7 Å². The molecule has 4 atom stereocenters. The van der Waals surface area contributed by atoms with Crippen LogP contribution >= 0.6 is 12.2 Å². The molecule has 142 valence electrons. The van der Waals surface area contributed by atoms with Crippen LogP contribution in [0.1, 0.15) is 37.7 Å². The summed E-state index contributed by atoms with van der Waals surface area (Å²) in [6.07, 6.45) is 6.31. The van der Waals surface area contributed by atoms with Crippen LogP contribution in [-0.4, -0.2) is 48.7 Å². The van der Waals surface area contributed by atoms with Crippen molar-refractivity contribution in [2.45, 2.75) is 69.1 Å². The predicted molar refractivity (Wildman–Crippen MR) is 104 cm³/mol. The Hall–Kier alpha value is -1.21. The van der Waals surface area contributed by atoms with Crippen molar-refractivity contribution in [2.75, 3.05) is 13.2 Å². The Balaban J connectivity index is 1.24. The van der Waals surface area contributed by atoms with Crippen LogP contribution in [0.15, 0.2) is 30.3 Å². The normalized spacial score (nSPS) is 31.5. The Morgan fingerprint density at radius 2 is 1.77 bits per heavy atom. The number of hydrogen-bond donors (Lipinski definition) is 2. The second-order valence-electron chi connectivity index (χ2n) is 7.49. The fourth-order valence-electron chi connectivity index (χ4n) is 4.15. The van der Waals surface area contributed by atoms with Crippen LogP contribution in [0.3, 0.4) is 0 Å². The number of fused-ring (bicyclic) bond motifs is 1. The molecule has 1 saturated carbocycles. The molecule has 2 aliphatic heterocycles. The van der Waals surface area contributed by atoms with Crippen molar-refractivity contribution < 1.29 is 14.2 Å². The van der Waals surface area contributed by atoms with Gasteiger partial charge in [0.25, 0.3) is 0 Å². The van der Waals surface area contributed by atoms with Crippen LogP contribution in [0, 0.1) is 0 Å². The third kappa shape index (κ3) is 4.36. The molecule has 26 heavy (non-hydrogen) atoms. The van der Waals surface area contributed by atoms with Crippen molar-refractivity contribution >= 4 is 17.3 Å². The molecule has 2 saturated heterocycles. The van der Waals surface area contributed by atoms with Gasteiger partial charge >= 0.3 is 0 Å². The van der Waals surface area contributed by atoms with E-state index in [2.05, 4.69) is 22.8 Å². The third-order valence-electron chi connectivity index (χ3n) is 5.57. The number of benzene rings is 1. The first-order chi connectivity index (χ1) is 12.8. The van der Waals surface area contributed by atoms with Crippen LogP contribution in [0.25, 0.3) is 0 Å². The van der Waals surface area contributed by atoms with Gasteiger partial charge in [0.1, 0.15) is 18.3 Å². The van der Waals surface area contributed by atoms with E-state index >= 15 is 0 Å². The summed E-state index contributed by atoms with van der Waals surface area (Å²) in [5, 5.41) is 7.59. The Morgan fingerprint density at radius 3 is 2.58 bits per heavy atom. The highest BCUT2D eigenvalue weighted by atomic mass is 32.1. The van der Waals surface area contributed by atoms with Crippen LogP contribution in [0.5, 0.6) is 0 Å². The zero-order valence-corrected chi connectivity index (χ0v) is 15.9. The second kappa shape index (κ2) is 8.65. The predicted octanol–water partition coefficient (Wildman–Crippen LogP) is 2.53. The smallest absolute Gasteiger partial charge is 0.166 e. The van der Waals surface area contributed by atoms with Gasteiger partial charge in [0.05, 0.1) is 25.9 Å². The quantitative estimate of drug-likeness (QED) is 0.771. The highest BCUT2D eigenvalue weighted by Crippen LogP contribution is 2.29. The van der Waals surface area contributed by atoms with Gasteiger partial charge in [-0.3, -0.25) is 0 Å². The molecular formula is C20H28N2O3S. The maximum Gasteiger partial charge on any atom is 0.166 e. The van der Waals surface area contributed by atoms with Gasteiger partial charge in [-0.25, -0.2) is 0 Å². The molecule has 0 spiro atoms. The average Bonchev–Trinajstić information content (AvgIpc) is 3.25. The van der Waals surface area contributed by atoms with Crippen LogP contribution < -0.4 is 10.6 Å². The second-order valence-corrected chi connectivity index (χ2v) is 7.90. The Morgan fingerprint density at radius 1 is 1.00 bits per heavy atom. The lowest BCUT2D eigenvalue weighted by molar-refractivity contribution is -0.0391. The van der Waals surface area contributed by atoms with E-state index in [0.717, 1.165) is 5.11 Å². The summed E-state index contributed by atoms with van der Waals surface area (Å²) in [4.78, 5) is 0. The number of rotatable bonds is 5. The largest absolute Gasteiger partial charge is 0.370 e. The van der Waals surface area contributed by atoms with Crippen LogP contribution in [0.2, 0.25) is 0 Å². The van der Waals surface area contributed by atoms with Gasteiger partial charge in [0.15, 0.2) is 5.11 Å². The molecule has 0 radical (unpaired) electrons. The highest BCUT2D eigenvalue weighted by molar-refractivity contribution is 7.80. The van der Waals surface area contributed by atoms with E-state index in [9.17, 15) is 0 Å². The van der Waals surface area contributed by atoms with Crippen molar-refractivity contribution in [1.29, 1.82) is 0 Å². The number of ether oxygens (including phenoxy) is 3. The molecule has 2 heterocycles. The number of thiocarbonyl (C=S) groups is 1. The molecule has 0 amide bonds. The highest BCUT2D eigenvalue weighted by Gasteiger charge is 2.48. The van der Waals surface area contributed by atoms with Gasteiger partial charge in [-0.1, -0.05) is 49.6 Å². The molecular weight excluding hydrogens is 348 g/mol. The SMILES string of the molecule is S=C(NC1CCCCC1)NC1COC2C(OCc3ccccc3)COC12. The number of hydrogen-bond acceptors (Lipinski definition) is 4. The molecule has 5 nitrogen and oxygen atoms in total. The van der Waals surface area contributed by atoms with Crippen LogP contribution in [-0.2, 0) is 20.8 Å². The molecule has 0 aromatic heterocycles. The maximum atomic E-state index is 6.05. The minimum atomic E-state index is -0.0214. The van der Waals surface area contributed by atoms with Gasteiger partial charge in [0, 0.05) is 6.04 Å². The first kappa shape index (κ1) is 18.2. The zero-order valence-electron chi connectivity index (χ0n) is 15.1. The average molecular weight is 377 g/mol. The lowest BCUT2D eigenvalue weighted by atomic mass is 9.96. The van der Waals surface area contributed by atoms with Crippen LogP contribution in [0.4, 0.5) is 0 Å². The summed E-state index contributed by atoms with van der Waals surface area (Å²) in [6, 6.07) is 10.8. The fourth-order valence-corrected chi connectivity index (χ4v) is 4.47. The maximum absolute atomic E-state index is 6.05. The standard InChI is InChI=1S/C20H28N2O3S/c26-20(21-15-9-5-2-6-10-15)22-16-12-24-19-17(13-25-18(16)19)23-11-14-7-3-1-4-8-14/h1,3-4,7-8,15-19H,2,5-6,9-13H2,(H2,21,22,26). The number of nitrogens with one attached hydrogen (secondary N) is 2. The monoisotopic (exact) mass is 376 g/mol. The molecule has 2 N–H and O–H groups in total. The Kier molecular flexibility index (Phi) is 6.05. The summed E-state index contributed by atoms with van der Waals surface area (Å²) < 4.78 is 18.0. The van der Waals surface area contributed by atoms with E-state index in [4.69, 9.17) is 26.4 Å². The van der Waals surface area contributed by atoms with Crippen molar-refractivity contribution in [3.05, 3.63) is 35.9 Å². The molecule has 4 unspecified atom stereocenters. The molecule has 0 bridgehead atoms. The van der Waals surface area contributed by atoms with Gasteiger partial charge in [-0.15, -0.1) is 0 Å². The molecule has 1 aromatic rings. The minimum absolute atomic E-state index is 0.00174. The van der Waals surface area contributed by atoms with Crippen molar-refractivity contribution in [1.82, 2.24) is 10.6 Å². The van der Waals surface area contributed by atoms with E-state index < -0.39 is 0 Å². The van der Waals surface area contributed by atoms with Crippen molar-refractivity contribution in [2.24, 2.45) is 0 Å². The van der Waals surface area contributed by atoms with Crippen molar-refractivity contribution in [3.63, 3.8) is 0 Å². The minimum Gasteiger partial charge on any atom is -0.370 e. The molecule has 4 rings (SSSR count). The third-order valence-corrected chi connectivity index (χ3v) is 5.81. The van der Waals surface area contributed by atoms with E-state index in [0.29, 0.717) is 25.9 Å². The summed E-state index contributed by atoms with van der Waals surface area (Å²) in [5.41, 5.74) is 1.17. The fraction of sp³-hybridized carbons (Fsp3) is 0.650. The Bertz CT molecular complexity index is 594. The molecule has 1 aliphatic carbocycles. The molecule has 3 fully saturated rings. The van der Waals surface area contributed by atoms with E-state index in [1.807, 2.05) is 18.2 Å². The Labute approximate surface area is 160 Å². The first-order valence-electron chi connectivity index (χ1n) is 9.75. The zero-order chi connectivity index (χ0) is 17.8. The molecule has 6 heteroatoms. The first-order valence-corrected chi connectivity index (χ1v) is 10.2. The van der Waals surface area contributed by atoms with Gasteiger partial charge in [0.2, 0.25) is 0 Å². The lowest BCUT2D eigenvalue weighted by Gasteiger charge is -2.26. The van der Waals surface area contributed by atoms with Gasteiger partial charge in [-0.05, 0) is 30.6 Å². The summed E-state index contributed by atoms with van der Waals surface area (Å²) in [5.74, 6) is 0. The van der Waals surface area contributed by atoms with Gasteiger partial charge < -0.3 is 24.8 Å². The topological polar surface area (TPSA) is 51.8 Å². The molecule has 3 aliphatic rings. The van der Waals surface area contributed by atoms with Crippen molar-refractivity contribution in [3.8, 4) is 0 Å². The molecule has 1 aromatic carbocycles. The lowest BCUT2D eigenvalue weighted by Crippen LogP contribution is -2.50. The summed E-state index contributed by atoms with van der Waals surface area (Å²) in [7, 11) is 0. The van der Waals surface area contributed by atoms with E-state index in [1.54, 1.807) is 0 Å². The summed E-state index contributed by atoms with van der Waals surface area (Å²) in [6.45, 7) is 1.76.